The Bertz CT molecular complexity index is 1000. The van der Waals surface area contributed by atoms with Gasteiger partial charge >= 0.3 is 5.97 Å². The maximum Gasteiger partial charge on any atom is 0.338 e. The molecule has 1 heterocycles. The molecule has 0 atom stereocenters. The number of imide groups is 1. The lowest BCUT2D eigenvalue weighted by Crippen LogP contribution is -2.29. The van der Waals surface area contributed by atoms with Crippen molar-refractivity contribution >= 4 is 17.8 Å². The molecule has 0 aromatic heterocycles. The topological polar surface area (TPSA) is 91.4 Å². The van der Waals surface area contributed by atoms with Crippen LogP contribution in [0.25, 0.3) is 0 Å². The average molecular weight is 411 g/mol. The Kier molecular flexibility index (Phi) is 6.06. The van der Waals surface area contributed by atoms with Crippen molar-refractivity contribution in [2.24, 2.45) is 0 Å². The minimum absolute atomic E-state index is 0.0535. The largest absolute Gasteiger partial charge is 0.493 e. The number of methoxy groups -OCH3 is 3. The molecular formula is C22H21NO7. The standard InChI is InChI=1S/C22H21NO7/c1-5-8-23-20(24)15-7-6-14(11-16(15)21(23)25)22(26)30-12-13-9-17(27-2)19(29-4)18(10-13)28-3/h5-7,9-11H,1,8,12H2,2-4H3. The van der Waals surface area contributed by atoms with Crippen LogP contribution in [-0.2, 0) is 11.3 Å². The van der Waals surface area contributed by atoms with E-state index >= 15 is 0 Å². The molecule has 0 fully saturated rings. The molecule has 0 bridgehead atoms. The second-order valence-electron chi connectivity index (χ2n) is 6.38. The van der Waals surface area contributed by atoms with Gasteiger partial charge in [0.1, 0.15) is 6.61 Å². The average Bonchev–Trinajstić information content (AvgIpc) is 3.01. The summed E-state index contributed by atoms with van der Waals surface area (Å²) in [6, 6.07) is 7.63. The summed E-state index contributed by atoms with van der Waals surface area (Å²) in [5.74, 6) is -0.199. The molecule has 2 amide bonds. The summed E-state index contributed by atoms with van der Waals surface area (Å²) in [6.45, 7) is 3.60. The molecule has 1 aliphatic rings. The number of carbonyl (C=O) groups is 3. The smallest absolute Gasteiger partial charge is 0.338 e. The van der Waals surface area contributed by atoms with Gasteiger partial charge in [-0.2, -0.15) is 0 Å². The zero-order valence-electron chi connectivity index (χ0n) is 16.9. The van der Waals surface area contributed by atoms with Gasteiger partial charge in [0.2, 0.25) is 5.75 Å². The Hall–Kier alpha value is -3.81. The predicted molar refractivity (Wildman–Crippen MR) is 107 cm³/mol. The highest BCUT2D eigenvalue weighted by Gasteiger charge is 2.35. The Labute approximate surface area is 173 Å². The van der Waals surface area contributed by atoms with Crippen molar-refractivity contribution < 1.29 is 33.3 Å². The van der Waals surface area contributed by atoms with Crippen LogP contribution in [0.2, 0.25) is 0 Å². The van der Waals surface area contributed by atoms with Gasteiger partial charge in [0, 0.05) is 6.54 Å². The monoisotopic (exact) mass is 411 g/mol. The van der Waals surface area contributed by atoms with Crippen LogP contribution in [0.1, 0.15) is 36.6 Å². The molecule has 0 spiro atoms. The molecule has 0 unspecified atom stereocenters. The van der Waals surface area contributed by atoms with Crippen molar-refractivity contribution in [1.29, 1.82) is 0 Å². The van der Waals surface area contributed by atoms with Crippen LogP contribution >= 0.6 is 0 Å². The molecule has 3 rings (SSSR count). The number of carbonyl (C=O) groups excluding carboxylic acids is 3. The van der Waals surface area contributed by atoms with Crippen molar-refractivity contribution in [3.63, 3.8) is 0 Å². The molecule has 8 heteroatoms. The van der Waals surface area contributed by atoms with Crippen LogP contribution in [0.3, 0.4) is 0 Å². The minimum Gasteiger partial charge on any atom is -0.493 e. The number of amides is 2. The maximum atomic E-state index is 12.5. The molecular weight excluding hydrogens is 390 g/mol. The molecule has 2 aromatic carbocycles. The van der Waals surface area contributed by atoms with E-state index in [1.807, 2.05) is 0 Å². The van der Waals surface area contributed by atoms with Crippen LogP contribution < -0.4 is 14.2 Å². The zero-order chi connectivity index (χ0) is 21.8. The molecule has 0 saturated heterocycles. The van der Waals surface area contributed by atoms with Crippen LogP contribution in [0, 0.1) is 0 Å². The first-order chi connectivity index (χ1) is 14.4. The van der Waals surface area contributed by atoms with E-state index in [1.165, 1.54) is 45.6 Å². The Morgan fingerprint density at radius 2 is 1.60 bits per heavy atom. The first-order valence-corrected chi connectivity index (χ1v) is 9.02. The lowest BCUT2D eigenvalue weighted by molar-refractivity contribution is 0.0471. The Morgan fingerprint density at radius 1 is 0.967 bits per heavy atom. The number of fused-ring (bicyclic) bond motifs is 1. The lowest BCUT2D eigenvalue weighted by Gasteiger charge is -2.14. The number of hydrogen-bond acceptors (Lipinski definition) is 7. The van der Waals surface area contributed by atoms with Gasteiger partial charge in [0.25, 0.3) is 11.8 Å². The normalized spacial score (nSPS) is 12.4. The lowest BCUT2D eigenvalue weighted by atomic mass is 10.1. The third-order valence-electron chi connectivity index (χ3n) is 4.61. The van der Waals surface area contributed by atoms with Crippen LogP contribution in [0.5, 0.6) is 17.2 Å². The Morgan fingerprint density at radius 3 is 2.17 bits per heavy atom. The molecule has 2 aromatic rings. The van der Waals surface area contributed by atoms with Crippen molar-refractivity contribution in [3.05, 3.63) is 65.2 Å². The van der Waals surface area contributed by atoms with Gasteiger partial charge in [-0.25, -0.2) is 4.79 Å². The second kappa shape index (κ2) is 8.69. The SMILES string of the molecule is C=CCN1C(=O)c2ccc(C(=O)OCc3cc(OC)c(OC)c(OC)c3)cc2C1=O. The molecule has 0 radical (unpaired) electrons. The van der Waals surface area contributed by atoms with Gasteiger partial charge < -0.3 is 18.9 Å². The zero-order valence-corrected chi connectivity index (χ0v) is 16.9. The first-order valence-electron chi connectivity index (χ1n) is 9.02. The van der Waals surface area contributed by atoms with Gasteiger partial charge in [0.15, 0.2) is 11.5 Å². The van der Waals surface area contributed by atoms with E-state index in [-0.39, 0.29) is 29.8 Å². The highest BCUT2D eigenvalue weighted by Crippen LogP contribution is 2.38. The van der Waals surface area contributed by atoms with E-state index in [4.69, 9.17) is 18.9 Å². The molecule has 1 aliphatic heterocycles. The van der Waals surface area contributed by atoms with Crippen molar-refractivity contribution in [3.8, 4) is 17.2 Å². The fraction of sp³-hybridized carbons (Fsp3) is 0.227. The third kappa shape index (κ3) is 3.71. The summed E-state index contributed by atoms with van der Waals surface area (Å²) in [5.41, 5.74) is 1.22. The van der Waals surface area contributed by atoms with Gasteiger partial charge in [-0.15, -0.1) is 6.58 Å². The molecule has 0 saturated carbocycles. The first kappa shape index (κ1) is 20.9. The number of hydrogen-bond donors (Lipinski definition) is 0. The van der Waals surface area contributed by atoms with E-state index in [0.29, 0.717) is 22.8 Å². The quantitative estimate of drug-likeness (QED) is 0.375. The maximum absolute atomic E-state index is 12.5. The second-order valence-corrected chi connectivity index (χ2v) is 6.38. The van der Waals surface area contributed by atoms with E-state index in [0.717, 1.165) is 4.90 Å². The summed E-state index contributed by atoms with van der Waals surface area (Å²) in [4.78, 5) is 38.3. The van der Waals surface area contributed by atoms with E-state index in [2.05, 4.69) is 6.58 Å². The van der Waals surface area contributed by atoms with Gasteiger partial charge in [-0.1, -0.05) is 6.08 Å². The molecule has 156 valence electrons. The number of benzene rings is 2. The minimum atomic E-state index is -0.631. The van der Waals surface area contributed by atoms with Gasteiger partial charge in [-0.3, -0.25) is 14.5 Å². The summed E-state index contributed by atoms with van der Waals surface area (Å²) in [5, 5.41) is 0. The number of rotatable bonds is 8. The van der Waals surface area contributed by atoms with E-state index < -0.39 is 17.8 Å². The van der Waals surface area contributed by atoms with Gasteiger partial charge in [0.05, 0.1) is 38.0 Å². The highest BCUT2D eigenvalue weighted by molar-refractivity contribution is 6.22. The van der Waals surface area contributed by atoms with Crippen molar-refractivity contribution in [1.82, 2.24) is 4.90 Å². The molecule has 30 heavy (non-hydrogen) atoms. The fourth-order valence-corrected chi connectivity index (χ4v) is 3.16. The molecule has 0 N–H and O–H groups in total. The van der Waals surface area contributed by atoms with E-state index in [9.17, 15) is 14.4 Å². The molecule has 0 aliphatic carbocycles. The van der Waals surface area contributed by atoms with Crippen LogP contribution in [-0.4, -0.2) is 50.6 Å². The van der Waals surface area contributed by atoms with Crippen molar-refractivity contribution in [2.45, 2.75) is 6.61 Å². The predicted octanol–water partition coefficient (Wildman–Crippen LogP) is 2.85. The van der Waals surface area contributed by atoms with E-state index in [1.54, 1.807) is 12.1 Å². The summed E-state index contributed by atoms with van der Waals surface area (Å²) in [7, 11) is 4.48. The fourth-order valence-electron chi connectivity index (χ4n) is 3.16. The van der Waals surface area contributed by atoms with Crippen LogP contribution in [0.15, 0.2) is 43.0 Å². The summed E-state index contributed by atoms with van der Waals surface area (Å²) in [6.07, 6.45) is 1.47. The molecule has 8 nitrogen and oxygen atoms in total. The highest BCUT2D eigenvalue weighted by atomic mass is 16.5. The van der Waals surface area contributed by atoms with Crippen LogP contribution in [0.4, 0.5) is 0 Å². The van der Waals surface area contributed by atoms with Gasteiger partial charge in [-0.05, 0) is 35.9 Å². The number of ether oxygens (including phenoxy) is 4. The summed E-state index contributed by atoms with van der Waals surface area (Å²) < 4.78 is 21.2. The third-order valence-corrected chi connectivity index (χ3v) is 4.61. The Balaban J connectivity index is 1.78. The summed E-state index contributed by atoms with van der Waals surface area (Å²) >= 11 is 0. The number of esters is 1. The van der Waals surface area contributed by atoms with Crippen molar-refractivity contribution in [2.75, 3.05) is 27.9 Å². The number of nitrogens with zero attached hydrogens (tertiary/aromatic N) is 1.